The average molecular weight is 344 g/mol. The number of hydrogen-bond acceptors (Lipinski definition) is 3. The number of hydrogen-bond donors (Lipinski definition) is 0. The van der Waals surface area contributed by atoms with Gasteiger partial charge in [0.1, 0.15) is 11.2 Å². The highest BCUT2D eigenvalue weighted by molar-refractivity contribution is 6.65. The van der Waals surface area contributed by atoms with E-state index < -0.39 is 7.12 Å². The van der Waals surface area contributed by atoms with Crippen LogP contribution in [0.4, 0.5) is 0 Å². The van der Waals surface area contributed by atoms with Crippen LogP contribution in [0.2, 0.25) is 0 Å². The van der Waals surface area contributed by atoms with Gasteiger partial charge in [0.25, 0.3) is 0 Å². The van der Waals surface area contributed by atoms with Gasteiger partial charge in [0.2, 0.25) is 0 Å². The molecule has 0 radical (unpaired) electrons. The molecular formula is C22H21BO3. The summed E-state index contributed by atoms with van der Waals surface area (Å²) in [6.45, 7) is 8.27. The van der Waals surface area contributed by atoms with E-state index in [1.54, 1.807) is 0 Å². The lowest BCUT2D eigenvalue weighted by molar-refractivity contribution is 0.00578. The molecule has 0 unspecified atom stereocenters. The van der Waals surface area contributed by atoms with Crippen molar-refractivity contribution in [3.8, 4) is 0 Å². The molecule has 0 spiro atoms. The van der Waals surface area contributed by atoms with Crippen molar-refractivity contribution in [1.82, 2.24) is 0 Å². The van der Waals surface area contributed by atoms with Crippen LogP contribution in [-0.2, 0) is 9.31 Å². The zero-order valence-electron chi connectivity index (χ0n) is 15.5. The molecule has 3 aromatic carbocycles. The average Bonchev–Trinajstić information content (AvgIpc) is 3.06. The second kappa shape index (κ2) is 5.12. The van der Waals surface area contributed by atoms with Crippen molar-refractivity contribution in [2.24, 2.45) is 0 Å². The number of benzene rings is 3. The summed E-state index contributed by atoms with van der Waals surface area (Å²) >= 11 is 0. The maximum Gasteiger partial charge on any atom is 0.498 e. The molecule has 1 aliphatic rings. The summed E-state index contributed by atoms with van der Waals surface area (Å²) in [6.07, 6.45) is 0. The van der Waals surface area contributed by atoms with Crippen molar-refractivity contribution in [3.63, 3.8) is 0 Å². The van der Waals surface area contributed by atoms with Crippen LogP contribution >= 0.6 is 0 Å². The van der Waals surface area contributed by atoms with E-state index in [9.17, 15) is 0 Å². The summed E-state index contributed by atoms with van der Waals surface area (Å²) in [5.41, 5.74) is 1.93. The molecule has 1 fully saturated rings. The Kier molecular flexibility index (Phi) is 3.14. The number of para-hydroxylation sites is 1. The Morgan fingerprint density at radius 3 is 2.08 bits per heavy atom. The Bertz CT molecular complexity index is 1140. The molecule has 1 aliphatic heterocycles. The molecule has 1 saturated heterocycles. The fraction of sp³-hybridized carbons (Fsp3) is 0.273. The summed E-state index contributed by atoms with van der Waals surface area (Å²) in [4.78, 5) is 0. The zero-order valence-corrected chi connectivity index (χ0v) is 15.5. The molecule has 0 aliphatic carbocycles. The summed E-state index contributed by atoms with van der Waals surface area (Å²) in [6, 6.07) is 18.8. The highest BCUT2D eigenvalue weighted by Gasteiger charge is 2.52. The third kappa shape index (κ3) is 2.16. The predicted molar refractivity (Wildman–Crippen MR) is 107 cm³/mol. The molecule has 1 aromatic heterocycles. The molecule has 0 bridgehead atoms. The van der Waals surface area contributed by atoms with Gasteiger partial charge in [-0.15, -0.1) is 0 Å². The van der Waals surface area contributed by atoms with Gasteiger partial charge in [-0.2, -0.15) is 0 Å². The van der Waals surface area contributed by atoms with Gasteiger partial charge < -0.3 is 13.7 Å². The third-order valence-corrected chi connectivity index (χ3v) is 5.90. The first kappa shape index (κ1) is 15.9. The summed E-state index contributed by atoms with van der Waals surface area (Å²) in [5, 5.41) is 4.61. The van der Waals surface area contributed by atoms with Crippen LogP contribution in [0.3, 0.4) is 0 Å². The van der Waals surface area contributed by atoms with Crippen LogP contribution in [-0.4, -0.2) is 18.3 Å². The van der Waals surface area contributed by atoms with Crippen molar-refractivity contribution >= 4 is 45.3 Å². The van der Waals surface area contributed by atoms with Gasteiger partial charge >= 0.3 is 7.12 Å². The Balaban J connectivity index is 1.74. The lowest BCUT2D eigenvalue weighted by Gasteiger charge is -2.32. The molecule has 2 heterocycles. The topological polar surface area (TPSA) is 31.6 Å². The minimum atomic E-state index is -0.432. The molecule has 0 amide bonds. The second-order valence-corrected chi connectivity index (χ2v) is 8.11. The zero-order chi connectivity index (χ0) is 18.1. The first-order chi connectivity index (χ1) is 12.4. The lowest BCUT2D eigenvalue weighted by Crippen LogP contribution is -2.41. The Labute approximate surface area is 153 Å². The van der Waals surface area contributed by atoms with Crippen LogP contribution in [0.5, 0.6) is 0 Å². The fourth-order valence-electron chi connectivity index (χ4n) is 3.66. The largest absolute Gasteiger partial charge is 0.498 e. The first-order valence-corrected chi connectivity index (χ1v) is 9.05. The van der Waals surface area contributed by atoms with Crippen LogP contribution in [0.15, 0.2) is 59.0 Å². The highest BCUT2D eigenvalue weighted by atomic mass is 16.7. The lowest BCUT2D eigenvalue weighted by atomic mass is 9.78. The van der Waals surface area contributed by atoms with E-state index in [1.807, 2.05) is 18.2 Å². The molecule has 26 heavy (non-hydrogen) atoms. The molecular weight excluding hydrogens is 323 g/mol. The number of rotatable bonds is 1. The van der Waals surface area contributed by atoms with Crippen molar-refractivity contribution < 1.29 is 13.7 Å². The van der Waals surface area contributed by atoms with Gasteiger partial charge in [0, 0.05) is 16.2 Å². The maximum atomic E-state index is 6.28. The Morgan fingerprint density at radius 2 is 1.38 bits per heavy atom. The van der Waals surface area contributed by atoms with E-state index in [1.165, 1.54) is 10.8 Å². The van der Waals surface area contributed by atoms with Crippen molar-refractivity contribution in [2.45, 2.75) is 38.9 Å². The van der Waals surface area contributed by atoms with Gasteiger partial charge in [-0.1, -0.05) is 42.5 Å². The minimum Gasteiger partial charge on any atom is -0.456 e. The standard InChI is InChI=1S/C22H21BO3/c1-21(2)22(3,4)26-23(25-21)18-11-7-10-16-17-12-14-8-5-6-9-15(14)13-19(17)24-20(16)18/h5-13H,1-4H3. The maximum absolute atomic E-state index is 6.28. The molecule has 0 saturated carbocycles. The van der Waals surface area contributed by atoms with Crippen LogP contribution < -0.4 is 5.46 Å². The summed E-state index contributed by atoms with van der Waals surface area (Å²) < 4.78 is 18.8. The molecule has 3 nitrogen and oxygen atoms in total. The molecule has 4 heteroatoms. The fourth-order valence-corrected chi connectivity index (χ4v) is 3.66. The summed E-state index contributed by atoms with van der Waals surface area (Å²) in [5.74, 6) is 0. The quantitative estimate of drug-likeness (QED) is 0.454. The monoisotopic (exact) mass is 344 g/mol. The van der Waals surface area contributed by atoms with Gasteiger partial charge in [0.05, 0.1) is 11.2 Å². The van der Waals surface area contributed by atoms with E-state index >= 15 is 0 Å². The van der Waals surface area contributed by atoms with Crippen LogP contribution in [0.25, 0.3) is 32.7 Å². The summed E-state index contributed by atoms with van der Waals surface area (Å²) in [7, 11) is -0.432. The van der Waals surface area contributed by atoms with Crippen molar-refractivity contribution in [1.29, 1.82) is 0 Å². The second-order valence-electron chi connectivity index (χ2n) is 8.11. The molecule has 130 valence electrons. The Morgan fingerprint density at radius 1 is 0.731 bits per heavy atom. The third-order valence-electron chi connectivity index (χ3n) is 5.90. The Hall–Kier alpha value is -2.30. The van der Waals surface area contributed by atoms with E-state index in [0.29, 0.717) is 0 Å². The van der Waals surface area contributed by atoms with Gasteiger partial charge in [0.15, 0.2) is 0 Å². The molecule has 5 rings (SSSR count). The first-order valence-electron chi connectivity index (χ1n) is 9.05. The van der Waals surface area contributed by atoms with E-state index in [0.717, 1.165) is 27.4 Å². The van der Waals surface area contributed by atoms with E-state index in [-0.39, 0.29) is 11.2 Å². The van der Waals surface area contributed by atoms with Crippen LogP contribution in [0, 0.1) is 0 Å². The molecule has 0 atom stereocenters. The van der Waals surface area contributed by atoms with Crippen molar-refractivity contribution in [3.05, 3.63) is 54.6 Å². The number of fused-ring (bicyclic) bond motifs is 4. The van der Waals surface area contributed by atoms with Crippen molar-refractivity contribution in [2.75, 3.05) is 0 Å². The highest BCUT2D eigenvalue weighted by Crippen LogP contribution is 2.38. The van der Waals surface area contributed by atoms with Gasteiger partial charge in [-0.05, 0) is 50.6 Å². The predicted octanol–water partition coefficient (Wildman–Crippen LogP) is 5.04. The SMILES string of the molecule is CC1(C)OB(c2cccc3c2oc2cc4ccccc4cc23)OC1(C)C. The number of furan rings is 1. The molecule has 0 N–H and O–H groups in total. The minimum absolute atomic E-state index is 0.374. The van der Waals surface area contributed by atoms with E-state index in [4.69, 9.17) is 13.7 Å². The van der Waals surface area contributed by atoms with Crippen LogP contribution in [0.1, 0.15) is 27.7 Å². The van der Waals surface area contributed by atoms with Gasteiger partial charge in [-0.25, -0.2) is 0 Å². The smallest absolute Gasteiger partial charge is 0.456 e. The van der Waals surface area contributed by atoms with E-state index in [2.05, 4.69) is 64.1 Å². The van der Waals surface area contributed by atoms with Gasteiger partial charge in [-0.3, -0.25) is 0 Å². The molecule has 4 aromatic rings. The normalized spacial score (nSPS) is 19.0.